The van der Waals surface area contributed by atoms with Crippen LogP contribution < -0.4 is 10.6 Å². The lowest BCUT2D eigenvalue weighted by molar-refractivity contribution is -0.143. The van der Waals surface area contributed by atoms with Gasteiger partial charge >= 0.3 is 6.09 Å². The number of anilines is 1. The molecule has 3 aromatic carbocycles. The highest BCUT2D eigenvalue weighted by Gasteiger charge is 2.39. The number of thioether (sulfide) groups is 1. The first-order valence-electron chi connectivity index (χ1n) is 14.5. The SMILES string of the molecule is CCC(C)N(C(=O)C(CCSC)NC(=O)OC(C)(C)C)C(C(=O)Nc1ccc2ccccc2c1)c1c(C)cccc1C. The summed E-state index contributed by atoms with van der Waals surface area (Å²) in [5.41, 5.74) is 2.54. The third kappa shape index (κ3) is 8.51. The Morgan fingerprint density at radius 3 is 2.19 bits per heavy atom. The van der Waals surface area contributed by atoms with Crippen LogP contribution in [0.4, 0.5) is 10.5 Å². The van der Waals surface area contributed by atoms with Crippen LogP contribution in [0.5, 0.6) is 0 Å². The average Bonchev–Trinajstić information content (AvgIpc) is 2.93. The molecule has 2 N–H and O–H groups in total. The van der Waals surface area contributed by atoms with Crippen LogP contribution in [0, 0.1) is 13.8 Å². The molecule has 7 nitrogen and oxygen atoms in total. The Bertz CT molecular complexity index is 1380. The fraction of sp³-hybridized carbons (Fsp3) is 0.441. The predicted octanol–water partition coefficient (Wildman–Crippen LogP) is 7.41. The summed E-state index contributed by atoms with van der Waals surface area (Å²) in [5, 5.41) is 8.00. The Labute approximate surface area is 254 Å². The largest absolute Gasteiger partial charge is 0.444 e. The Hall–Kier alpha value is -3.52. The van der Waals surface area contributed by atoms with Crippen molar-refractivity contribution in [2.24, 2.45) is 0 Å². The number of benzene rings is 3. The number of hydrogen-bond acceptors (Lipinski definition) is 5. The Balaban J connectivity index is 2.09. The number of aryl methyl sites for hydroxylation is 2. The summed E-state index contributed by atoms with van der Waals surface area (Å²) in [6, 6.07) is 17.6. The van der Waals surface area contributed by atoms with E-state index in [-0.39, 0.29) is 17.9 Å². The number of alkyl carbamates (subject to hydrolysis) is 1. The normalized spacial score (nSPS) is 13.6. The molecule has 3 rings (SSSR count). The van der Waals surface area contributed by atoms with Gasteiger partial charge in [0.2, 0.25) is 5.91 Å². The first kappa shape index (κ1) is 33.0. The molecule has 0 spiro atoms. The lowest BCUT2D eigenvalue weighted by Gasteiger charge is -2.39. The van der Waals surface area contributed by atoms with Gasteiger partial charge in [0.15, 0.2) is 0 Å². The molecule has 8 heteroatoms. The van der Waals surface area contributed by atoms with Gasteiger partial charge in [-0.3, -0.25) is 9.59 Å². The maximum Gasteiger partial charge on any atom is 0.408 e. The van der Waals surface area contributed by atoms with Crippen molar-refractivity contribution >= 4 is 46.1 Å². The third-order valence-corrected chi connectivity index (χ3v) is 7.92. The van der Waals surface area contributed by atoms with Gasteiger partial charge in [-0.1, -0.05) is 55.5 Å². The van der Waals surface area contributed by atoms with Gasteiger partial charge in [0.25, 0.3) is 5.91 Å². The molecule has 0 aliphatic heterocycles. The Kier molecular flexibility index (Phi) is 11.5. The van der Waals surface area contributed by atoms with Gasteiger partial charge in [-0.25, -0.2) is 4.79 Å². The minimum absolute atomic E-state index is 0.291. The van der Waals surface area contributed by atoms with Crippen molar-refractivity contribution in [1.82, 2.24) is 10.2 Å². The van der Waals surface area contributed by atoms with Gasteiger partial charge in [-0.05, 0) is 106 Å². The molecule has 226 valence electrons. The van der Waals surface area contributed by atoms with Crippen molar-refractivity contribution in [1.29, 1.82) is 0 Å². The second-order valence-electron chi connectivity index (χ2n) is 11.7. The molecule has 0 aromatic heterocycles. The van der Waals surface area contributed by atoms with Crippen LogP contribution in [-0.4, -0.2) is 52.5 Å². The van der Waals surface area contributed by atoms with Crippen molar-refractivity contribution in [3.8, 4) is 0 Å². The standard InChI is InChI=1S/C34H45N3O4S/c1-9-24(4)37(32(39)28(19-20-42-8)36-33(40)41-34(5,6)7)30(29-22(2)13-12-14-23(29)3)31(38)35-27-18-17-25-15-10-11-16-26(25)21-27/h10-18,21,24,28,30H,9,19-20H2,1-8H3,(H,35,38)(H,36,40). The minimum Gasteiger partial charge on any atom is -0.444 e. The lowest BCUT2D eigenvalue weighted by Crippen LogP contribution is -2.55. The topological polar surface area (TPSA) is 87.7 Å². The summed E-state index contributed by atoms with van der Waals surface area (Å²) in [7, 11) is 0. The van der Waals surface area contributed by atoms with E-state index in [1.54, 1.807) is 37.4 Å². The van der Waals surface area contributed by atoms with Crippen molar-refractivity contribution in [3.63, 3.8) is 0 Å². The molecule has 0 saturated heterocycles. The molecule has 0 aliphatic carbocycles. The monoisotopic (exact) mass is 591 g/mol. The smallest absolute Gasteiger partial charge is 0.408 e. The summed E-state index contributed by atoms with van der Waals surface area (Å²) in [6.07, 6.45) is 2.32. The van der Waals surface area contributed by atoms with Gasteiger partial charge in [-0.15, -0.1) is 0 Å². The molecule has 0 fully saturated rings. The maximum atomic E-state index is 14.5. The molecular formula is C34H45N3O4S. The number of carbonyl (C=O) groups excluding carboxylic acids is 3. The molecule has 3 aromatic rings. The Morgan fingerprint density at radius 2 is 1.60 bits per heavy atom. The number of amides is 3. The van der Waals surface area contributed by atoms with E-state index in [0.717, 1.165) is 27.5 Å². The van der Waals surface area contributed by atoms with Gasteiger partial charge in [0.1, 0.15) is 17.7 Å². The van der Waals surface area contributed by atoms with Crippen LogP contribution in [0.15, 0.2) is 60.7 Å². The highest BCUT2D eigenvalue weighted by atomic mass is 32.2. The van der Waals surface area contributed by atoms with Crippen LogP contribution in [0.3, 0.4) is 0 Å². The summed E-state index contributed by atoms with van der Waals surface area (Å²) in [5.74, 6) is 0.0283. The van der Waals surface area contributed by atoms with Crippen LogP contribution in [0.2, 0.25) is 0 Å². The first-order chi connectivity index (χ1) is 19.9. The molecular weight excluding hydrogens is 546 g/mol. The maximum absolute atomic E-state index is 14.5. The number of carbonyl (C=O) groups is 3. The van der Waals surface area contributed by atoms with Crippen molar-refractivity contribution in [3.05, 3.63) is 77.4 Å². The van der Waals surface area contributed by atoms with E-state index in [2.05, 4.69) is 10.6 Å². The van der Waals surface area contributed by atoms with Crippen LogP contribution in [0.1, 0.15) is 70.2 Å². The fourth-order valence-corrected chi connectivity index (χ4v) is 5.52. The molecule has 0 aliphatic rings. The molecule has 3 atom stereocenters. The number of nitrogens with one attached hydrogen (secondary N) is 2. The van der Waals surface area contributed by atoms with Gasteiger partial charge in [-0.2, -0.15) is 11.8 Å². The van der Waals surface area contributed by atoms with Crippen LogP contribution in [0.25, 0.3) is 10.8 Å². The lowest BCUT2D eigenvalue weighted by atomic mass is 9.92. The highest BCUT2D eigenvalue weighted by Crippen LogP contribution is 2.32. The number of ether oxygens (including phenoxy) is 1. The second-order valence-corrected chi connectivity index (χ2v) is 12.7. The quantitative estimate of drug-likeness (QED) is 0.242. The van der Waals surface area contributed by atoms with E-state index in [0.29, 0.717) is 24.3 Å². The zero-order valence-corrected chi connectivity index (χ0v) is 26.9. The minimum atomic E-state index is -0.919. The highest BCUT2D eigenvalue weighted by molar-refractivity contribution is 7.98. The Morgan fingerprint density at radius 1 is 0.952 bits per heavy atom. The molecule has 3 unspecified atom stereocenters. The fourth-order valence-electron chi connectivity index (χ4n) is 5.05. The van der Waals surface area contributed by atoms with Crippen molar-refractivity contribution < 1.29 is 19.1 Å². The van der Waals surface area contributed by atoms with Gasteiger partial charge in [0.05, 0.1) is 0 Å². The van der Waals surface area contributed by atoms with Gasteiger partial charge < -0.3 is 20.3 Å². The molecule has 0 radical (unpaired) electrons. The van der Waals surface area contributed by atoms with Crippen molar-refractivity contribution in [2.45, 2.75) is 85.0 Å². The van der Waals surface area contributed by atoms with E-state index < -0.39 is 23.8 Å². The summed E-state index contributed by atoms with van der Waals surface area (Å²) < 4.78 is 5.50. The third-order valence-electron chi connectivity index (χ3n) is 7.28. The van der Waals surface area contributed by atoms with E-state index in [4.69, 9.17) is 4.74 Å². The van der Waals surface area contributed by atoms with Crippen LogP contribution in [-0.2, 0) is 14.3 Å². The number of hydrogen-bond donors (Lipinski definition) is 2. The summed E-state index contributed by atoms with van der Waals surface area (Å²) >= 11 is 1.59. The molecule has 42 heavy (non-hydrogen) atoms. The van der Waals surface area contributed by atoms with Crippen LogP contribution >= 0.6 is 11.8 Å². The van der Waals surface area contributed by atoms with E-state index in [1.165, 1.54) is 0 Å². The predicted molar refractivity (Wildman–Crippen MR) is 174 cm³/mol. The van der Waals surface area contributed by atoms with Crippen molar-refractivity contribution in [2.75, 3.05) is 17.3 Å². The molecule has 0 bridgehead atoms. The number of rotatable bonds is 11. The molecule has 0 heterocycles. The molecule has 0 saturated carbocycles. The second kappa shape index (κ2) is 14.6. The zero-order valence-electron chi connectivity index (χ0n) is 26.1. The zero-order chi connectivity index (χ0) is 31.0. The van der Waals surface area contributed by atoms with E-state index >= 15 is 0 Å². The number of fused-ring (bicyclic) bond motifs is 1. The van der Waals surface area contributed by atoms with Gasteiger partial charge in [0, 0.05) is 11.7 Å². The average molecular weight is 592 g/mol. The summed E-state index contributed by atoms with van der Waals surface area (Å²) in [6.45, 7) is 13.2. The molecule has 3 amide bonds. The summed E-state index contributed by atoms with van der Waals surface area (Å²) in [4.78, 5) is 43.3. The van der Waals surface area contributed by atoms with E-state index in [1.807, 2.05) is 94.6 Å². The number of nitrogens with zero attached hydrogens (tertiary/aromatic N) is 1. The first-order valence-corrected chi connectivity index (χ1v) is 15.9. The van der Waals surface area contributed by atoms with E-state index in [9.17, 15) is 14.4 Å².